The molecule has 0 spiro atoms. The third-order valence-electron chi connectivity index (χ3n) is 3.64. The fourth-order valence-electron chi connectivity index (χ4n) is 2.34. The van der Waals surface area contributed by atoms with E-state index >= 15 is 0 Å². The lowest BCUT2D eigenvalue weighted by Gasteiger charge is -2.05. The van der Waals surface area contributed by atoms with Crippen molar-refractivity contribution in [1.29, 1.82) is 0 Å². The van der Waals surface area contributed by atoms with Gasteiger partial charge in [-0.1, -0.05) is 28.1 Å². The number of hydrogen-bond acceptors (Lipinski definition) is 5. The molecule has 0 unspecified atom stereocenters. The number of nitrogens with one attached hydrogen (secondary N) is 1. The Labute approximate surface area is 165 Å². The number of ether oxygens (including phenoxy) is 1. The van der Waals surface area contributed by atoms with Crippen LogP contribution in [0.4, 0.5) is 0 Å². The molecule has 0 aliphatic carbocycles. The monoisotopic (exact) mass is 427 g/mol. The average Bonchev–Trinajstić information content (AvgIpc) is 3.15. The van der Waals surface area contributed by atoms with Crippen molar-refractivity contribution in [2.45, 2.75) is 13.5 Å². The van der Waals surface area contributed by atoms with Crippen LogP contribution in [0.5, 0.6) is 5.75 Å². The summed E-state index contributed by atoms with van der Waals surface area (Å²) in [5.41, 5.74) is 1.73. The van der Waals surface area contributed by atoms with E-state index in [1.54, 1.807) is 10.8 Å². The number of halogens is 1. The molecule has 1 N–H and O–H groups in total. The first-order valence-electron chi connectivity index (χ1n) is 8.37. The summed E-state index contributed by atoms with van der Waals surface area (Å²) in [6.45, 7) is 2.78. The molecule has 138 valence electrons. The number of aromatic nitrogens is 4. The minimum Gasteiger partial charge on any atom is -0.494 e. The lowest BCUT2D eigenvalue weighted by Crippen LogP contribution is -2.22. The highest BCUT2D eigenvalue weighted by molar-refractivity contribution is 9.10. The zero-order valence-corrected chi connectivity index (χ0v) is 16.3. The van der Waals surface area contributed by atoms with Crippen LogP contribution in [0.15, 0.2) is 59.1 Å². The molecule has 27 heavy (non-hydrogen) atoms. The van der Waals surface area contributed by atoms with Crippen molar-refractivity contribution in [2.24, 2.45) is 0 Å². The first-order valence-corrected chi connectivity index (χ1v) is 9.17. The zero-order chi connectivity index (χ0) is 19.1. The van der Waals surface area contributed by atoms with E-state index in [0.29, 0.717) is 12.4 Å². The smallest absolute Gasteiger partial charge is 0.244 e. The van der Waals surface area contributed by atoms with Crippen LogP contribution in [0.25, 0.3) is 11.8 Å². The van der Waals surface area contributed by atoms with Gasteiger partial charge >= 0.3 is 0 Å². The predicted octanol–water partition coefficient (Wildman–Crippen LogP) is 3.15. The highest BCUT2D eigenvalue weighted by atomic mass is 79.9. The van der Waals surface area contributed by atoms with Crippen molar-refractivity contribution >= 4 is 27.9 Å². The first kappa shape index (κ1) is 18.8. The van der Waals surface area contributed by atoms with E-state index in [-0.39, 0.29) is 12.5 Å². The van der Waals surface area contributed by atoms with E-state index in [9.17, 15) is 4.79 Å². The fourth-order valence-corrected chi connectivity index (χ4v) is 2.60. The van der Waals surface area contributed by atoms with Gasteiger partial charge < -0.3 is 10.1 Å². The zero-order valence-electron chi connectivity index (χ0n) is 14.7. The molecule has 0 aliphatic rings. The van der Waals surface area contributed by atoms with Gasteiger partial charge in [-0.2, -0.15) is 4.68 Å². The van der Waals surface area contributed by atoms with Crippen molar-refractivity contribution in [3.8, 4) is 11.4 Å². The second-order valence-corrected chi connectivity index (χ2v) is 6.45. The first-order chi connectivity index (χ1) is 13.2. The second-order valence-electron chi connectivity index (χ2n) is 5.54. The molecule has 0 radical (unpaired) electrons. The van der Waals surface area contributed by atoms with Gasteiger partial charge in [-0.25, -0.2) is 0 Å². The Kier molecular flexibility index (Phi) is 6.32. The van der Waals surface area contributed by atoms with Crippen LogP contribution < -0.4 is 10.1 Å². The second kappa shape index (κ2) is 9.09. The molecular weight excluding hydrogens is 410 g/mol. The largest absolute Gasteiger partial charge is 0.494 e. The van der Waals surface area contributed by atoms with Gasteiger partial charge in [0.1, 0.15) is 5.75 Å². The van der Waals surface area contributed by atoms with Gasteiger partial charge in [0.25, 0.3) is 0 Å². The maximum Gasteiger partial charge on any atom is 0.244 e. The van der Waals surface area contributed by atoms with Crippen molar-refractivity contribution in [3.63, 3.8) is 0 Å². The molecule has 0 fully saturated rings. The summed E-state index contributed by atoms with van der Waals surface area (Å²) in [6, 6.07) is 15.1. The average molecular weight is 428 g/mol. The minimum atomic E-state index is -0.228. The summed E-state index contributed by atoms with van der Waals surface area (Å²) in [6.07, 6.45) is 3.21. The molecule has 0 saturated carbocycles. The quantitative estimate of drug-likeness (QED) is 0.585. The Bertz CT molecular complexity index is 920. The fraction of sp³-hybridized carbons (Fsp3) is 0.158. The molecule has 8 heteroatoms. The molecule has 1 amide bonds. The number of tetrazole rings is 1. The Hall–Kier alpha value is -3.00. The standard InChI is InChI=1S/C19H18BrN5O2/c1-2-27-17-10-3-14(4-11-17)5-12-19(26)21-13-18-22-23-24-25(18)16-8-6-15(20)7-9-16/h3-12H,2,13H2,1H3,(H,21,26)/b12-5+. The molecule has 3 rings (SSSR count). The van der Waals surface area contributed by atoms with Gasteiger partial charge in [-0.15, -0.1) is 5.10 Å². The molecule has 1 heterocycles. The third-order valence-corrected chi connectivity index (χ3v) is 4.17. The van der Waals surface area contributed by atoms with E-state index < -0.39 is 0 Å². The number of rotatable bonds is 7. The number of carbonyl (C=O) groups is 1. The lowest BCUT2D eigenvalue weighted by atomic mass is 10.2. The predicted molar refractivity (Wildman–Crippen MR) is 105 cm³/mol. The molecule has 3 aromatic rings. The number of benzene rings is 2. The highest BCUT2D eigenvalue weighted by Gasteiger charge is 2.09. The molecule has 1 aromatic heterocycles. The minimum absolute atomic E-state index is 0.218. The summed E-state index contributed by atoms with van der Waals surface area (Å²) in [4.78, 5) is 12.1. The van der Waals surface area contributed by atoms with Gasteiger partial charge in [0.05, 0.1) is 18.8 Å². The van der Waals surface area contributed by atoms with Crippen LogP contribution in [-0.2, 0) is 11.3 Å². The van der Waals surface area contributed by atoms with Crippen LogP contribution in [0.1, 0.15) is 18.3 Å². The van der Waals surface area contributed by atoms with Crippen molar-refractivity contribution in [3.05, 3.63) is 70.5 Å². The van der Waals surface area contributed by atoms with Crippen LogP contribution in [-0.4, -0.2) is 32.7 Å². The molecule has 0 saturated heterocycles. The third kappa shape index (κ3) is 5.24. The molecule has 7 nitrogen and oxygen atoms in total. The van der Waals surface area contributed by atoms with Crippen molar-refractivity contribution in [2.75, 3.05) is 6.61 Å². The maximum atomic E-state index is 12.1. The number of carbonyl (C=O) groups excluding carboxylic acids is 1. The highest BCUT2D eigenvalue weighted by Crippen LogP contribution is 2.14. The molecule has 0 aliphatic heterocycles. The van der Waals surface area contributed by atoms with Gasteiger partial charge in [0.15, 0.2) is 5.82 Å². The van der Waals surface area contributed by atoms with Crippen molar-refractivity contribution in [1.82, 2.24) is 25.5 Å². The number of hydrogen-bond donors (Lipinski definition) is 1. The summed E-state index contributed by atoms with van der Waals surface area (Å²) >= 11 is 3.39. The summed E-state index contributed by atoms with van der Waals surface area (Å²) in [5, 5.41) is 14.4. The molecule has 0 bridgehead atoms. The van der Waals surface area contributed by atoms with Crippen LogP contribution >= 0.6 is 15.9 Å². The molecule has 2 aromatic carbocycles. The molecular formula is C19H18BrN5O2. The van der Waals surface area contributed by atoms with E-state index in [1.807, 2.05) is 55.5 Å². The summed E-state index contributed by atoms with van der Waals surface area (Å²) < 4.78 is 7.95. The Morgan fingerprint density at radius 1 is 1.19 bits per heavy atom. The van der Waals surface area contributed by atoms with Gasteiger partial charge in [-0.05, 0) is 65.4 Å². The normalized spacial score (nSPS) is 10.9. The van der Waals surface area contributed by atoms with E-state index in [0.717, 1.165) is 21.5 Å². The van der Waals surface area contributed by atoms with E-state index in [4.69, 9.17) is 4.74 Å². The lowest BCUT2D eigenvalue weighted by molar-refractivity contribution is -0.116. The summed E-state index contributed by atoms with van der Waals surface area (Å²) in [5.74, 6) is 1.12. The van der Waals surface area contributed by atoms with Crippen molar-refractivity contribution < 1.29 is 9.53 Å². The van der Waals surface area contributed by atoms with Gasteiger partial charge in [0.2, 0.25) is 5.91 Å². The van der Waals surface area contributed by atoms with Crippen LogP contribution in [0, 0.1) is 0 Å². The Balaban J connectivity index is 1.58. The molecule has 0 atom stereocenters. The van der Waals surface area contributed by atoms with Crippen LogP contribution in [0.3, 0.4) is 0 Å². The van der Waals surface area contributed by atoms with E-state index in [2.05, 4.69) is 36.8 Å². The summed E-state index contributed by atoms with van der Waals surface area (Å²) in [7, 11) is 0. The van der Waals surface area contributed by atoms with Gasteiger partial charge in [-0.3, -0.25) is 4.79 Å². The Morgan fingerprint density at radius 3 is 2.63 bits per heavy atom. The maximum absolute atomic E-state index is 12.1. The van der Waals surface area contributed by atoms with Gasteiger partial charge in [0, 0.05) is 10.5 Å². The van der Waals surface area contributed by atoms with Crippen LogP contribution in [0.2, 0.25) is 0 Å². The Morgan fingerprint density at radius 2 is 1.93 bits per heavy atom. The van der Waals surface area contributed by atoms with E-state index in [1.165, 1.54) is 6.08 Å². The number of nitrogens with zero attached hydrogens (tertiary/aromatic N) is 4. The topological polar surface area (TPSA) is 81.9 Å². The number of amides is 1. The SMILES string of the molecule is CCOc1ccc(/C=C/C(=O)NCc2nnnn2-c2ccc(Br)cc2)cc1.